The molecule has 0 spiro atoms. The third-order valence-electron chi connectivity index (χ3n) is 3.88. The summed E-state index contributed by atoms with van der Waals surface area (Å²) in [5.74, 6) is -0.229. The Labute approximate surface area is 122 Å². The highest BCUT2D eigenvalue weighted by Gasteiger charge is 2.29. The van der Waals surface area contributed by atoms with Gasteiger partial charge < -0.3 is 10.4 Å². The molecule has 0 saturated carbocycles. The third-order valence-corrected chi connectivity index (χ3v) is 3.88. The molecule has 1 aliphatic heterocycles. The van der Waals surface area contributed by atoms with Crippen molar-refractivity contribution in [2.24, 2.45) is 0 Å². The summed E-state index contributed by atoms with van der Waals surface area (Å²) in [6.45, 7) is 4.52. The van der Waals surface area contributed by atoms with Crippen molar-refractivity contribution >= 4 is 17.3 Å². The number of likely N-dealkylation sites (tertiary alicyclic amines) is 1. The quantitative estimate of drug-likeness (QED) is 0.644. The first kappa shape index (κ1) is 15.4. The number of nitro groups is 1. The fraction of sp³-hybridized carbons (Fsp3) is 0.500. The Kier molecular flexibility index (Phi) is 4.54. The number of rotatable bonds is 4. The number of carbonyl (C=O) groups excluding carboxylic acids is 1. The van der Waals surface area contributed by atoms with Crippen LogP contribution in [-0.4, -0.2) is 46.1 Å². The minimum Gasteiger partial charge on any atom is -0.392 e. The molecule has 1 saturated heterocycles. The lowest BCUT2D eigenvalue weighted by Crippen LogP contribution is -2.41. The van der Waals surface area contributed by atoms with Crippen LogP contribution in [0.3, 0.4) is 0 Å². The summed E-state index contributed by atoms with van der Waals surface area (Å²) < 4.78 is 0. The molecule has 114 valence electrons. The molecule has 2 rings (SSSR count). The van der Waals surface area contributed by atoms with E-state index in [0.717, 1.165) is 0 Å². The van der Waals surface area contributed by atoms with E-state index in [9.17, 15) is 20.0 Å². The van der Waals surface area contributed by atoms with Crippen molar-refractivity contribution in [3.8, 4) is 0 Å². The number of benzene rings is 1. The number of nitro benzene ring substituents is 1. The fourth-order valence-electron chi connectivity index (χ4n) is 2.48. The zero-order valence-electron chi connectivity index (χ0n) is 12.1. The van der Waals surface area contributed by atoms with Crippen LogP contribution in [0.4, 0.5) is 11.4 Å². The minimum absolute atomic E-state index is 0.0166. The van der Waals surface area contributed by atoms with Crippen molar-refractivity contribution in [1.82, 2.24) is 4.90 Å². The molecule has 1 unspecified atom stereocenters. The van der Waals surface area contributed by atoms with E-state index in [2.05, 4.69) is 5.32 Å². The van der Waals surface area contributed by atoms with E-state index in [1.807, 2.05) is 4.90 Å². The first-order chi connectivity index (χ1) is 9.90. The van der Waals surface area contributed by atoms with Crippen LogP contribution < -0.4 is 5.32 Å². The van der Waals surface area contributed by atoms with Gasteiger partial charge in [-0.1, -0.05) is 6.07 Å². The first-order valence-electron chi connectivity index (χ1n) is 6.87. The number of aliphatic hydroxyl groups is 1. The number of hydrogen-bond acceptors (Lipinski definition) is 5. The molecule has 1 fully saturated rings. The van der Waals surface area contributed by atoms with Gasteiger partial charge in [-0.3, -0.25) is 19.8 Å². The third kappa shape index (κ3) is 3.37. The van der Waals surface area contributed by atoms with Gasteiger partial charge in [0.15, 0.2) is 0 Å². The molecule has 21 heavy (non-hydrogen) atoms. The van der Waals surface area contributed by atoms with E-state index in [-0.39, 0.29) is 23.7 Å². The molecule has 1 amide bonds. The lowest BCUT2D eigenvalue weighted by atomic mass is 10.1. The standard InChI is InChI=1S/C14H19N3O4/c1-9-12(4-3-5-13(9)17(20)21)15-14(19)10(2)16-7-6-11(18)8-16/h3-5,10-11,18H,6-8H2,1-2H3,(H,15,19)/t10?,11-/m0/s1. The Morgan fingerprint density at radius 3 is 2.86 bits per heavy atom. The van der Waals surface area contributed by atoms with E-state index in [1.165, 1.54) is 6.07 Å². The zero-order valence-corrected chi connectivity index (χ0v) is 12.1. The van der Waals surface area contributed by atoms with Gasteiger partial charge in [0.25, 0.3) is 5.69 Å². The normalized spacial score (nSPS) is 20.2. The number of β-amino-alcohol motifs (C(OH)–C–C–N with tert-alkyl or cyclic N) is 1. The van der Waals surface area contributed by atoms with Crippen LogP contribution in [0.5, 0.6) is 0 Å². The van der Waals surface area contributed by atoms with Crippen LogP contribution >= 0.6 is 0 Å². The highest BCUT2D eigenvalue weighted by molar-refractivity contribution is 5.95. The largest absolute Gasteiger partial charge is 0.392 e. The summed E-state index contributed by atoms with van der Waals surface area (Å²) in [7, 11) is 0. The molecule has 2 atom stereocenters. The van der Waals surface area contributed by atoms with Crippen LogP contribution in [0.15, 0.2) is 18.2 Å². The van der Waals surface area contributed by atoms with Crippen LogP contribution in [0.2, 0.25) is 0 Å². The molecule has 7 nitrogen and oxygen atoms in total. The highest BCUT2D eigenvalue weighted by atomic mass is 16.6. The average molecular weight is 293 g/mol. The van der Waals surface area contributed by atoms with Crippen molar-refractivity contribution in [2.75, 3.05) is 18.4 Å². The van der Waals surface area contributed by atoms with Gasteiger partial charge in [0, 0.05) is 19.2 Å². The molecular formula is C14H19N3O4. The Morgan fingerprint density at radius 1 is 1.57 bits per heavy atom. The monoisotopic (exact) mass is 293 g/mol. The second-order valence-electron chi connectivity index (χ2n) is 5.31. The van der Waals surface area contributed by atoms with Crippen molar-refractivity contribution < 1.29 is 14.8 Å². The Hall–Kier alpha value is -1.99. The summed E-state index contributed by atoms with van der Waals surface area (Å²) in [5.41, 5.74) is 0.863. The Bertz CT molecular complexity index is 561. The molecule has 1 aromatic carbocycles. The second-order valence-corrected chi connectivity index (χ2v) is 5.31. The number of nitrogens with one attached hydrogen (secondary N) is 1. The summed E-state index contributed by atoms with van der Waals surface area (Å²) in [6.07, 6.45) is 0.271. The van der Waals surface area contributed by atoms with Crippen LogP contribution in [0, 0.1) is 17.0 Å². The number of hydrogen-bond donors (Lipinski definition) is 2. The van der Waals surface area contributed by atoms with E-state index in [0.29, 0.717) is 30.8 Å². The van der Waals surface area contributed by atoms with Gasteiger partial charge in [-0.05, 0) is 26.3 Å². The maximum absolute atomic E-state index is 12.2. The van der Waals surface area contributed by atoms with Crippen LogP contribution in [0.25, 0.3) is 0 Å². The number of amides is 1. The average Bonchev–Trinajstić information content (AvgIpc) is 2.86. The van der Waals surface area contributed by atoms with Crippen LogP contribution in [-0.2, 0) is 4.79 Å². The summed E-state index contributed by atoms with van der Waals surface area (Å²) in [5, 5.41) is 23.1. The molecule has 1 heterocycles. The van der Waals surface area contributed by atoms with Gasteiger partial charge >= 0.3 is 0 Å². The first-order valence-corrected chi connectivity index (χ1v) is 6.87. The van der Waals surface area contributed by atoms with Crippen molar-refractivity contribution in [3.63, 3.8) is 0 Å². The minimum atomic E-state index is -0.467. The van der Waals surface area contributed by atoms with E-state index < -0.39 is 4.92 Å². The van der Waals surface area contributed by atoms with Gasteiger partial charge in [0.2, 0.25) is 5.91 Å². The maximum atomic E-state index is 12.2. The molecule has 1 aromatic rings. The molecule has 2 N–H and O–H groups in total. The van der Waals surface area contributed by atoms with Gasteiger partial charge in [0.05, 0.1) is 28.3 Å². The van der Waals surface area contributed by atoms with Gasteiger partial charge in [-0.2, -0.15) is 0 Å². The predicted molar refractivity (Wildman–Crippen MR) is 78.1 cm³/mol. The molecule has 0 bridgehead atoms. The molecule has 0 radical (unpaired) electrons. The van der Waals surface area contributed by atoms with E-state index in [1.54, 1.807) is 26.0 Å². The topological polar surface area (TPSA) is 95.7 Å². The van der Waals surface area contributed by atoms with E-state index >= 15 is 0 Å². The fourth-order valence-corrected chi connectivity index (χ4v) is 2.48. The van der Waals surface area contributed by atoms with Gasteiger partial charge in [-0.15, -0.1) is 0 Å². The van der Waals surface area contributed by atoms with Gasteiger partial charge in [0.1, 0.15) is 0 Å². The summed E-state index contributed by atoms with van der Waals surface area (Å²) >= 11 is 0. The van der Waals surface area contributed by atoms with Crippen LogP contribution in [0.1, 0.15) is 18.9 Å². The SMILES string of the molecule is Cc1c(NC(=O)C(C)N2CC[C@H](O)C2)cccc1[N+](=O)[O-]. The number of aliphatic hydroxyl groups excluding tert-OH is 1. The van der Waals surface area contributed by atoms with Gasteiger partial charge in [-0.25, -0.2) is 0 Å². The molecule has 0 aromatic heterocycles. The van der Waals surface area contributed by atoms with Crippen molar-refractivity contribution in [2.45, 2.75) is 32.4 Å². The lowest BCUT2D eigenvalue weighted by Gasteiger charge is -2.23. The summed E-state index contributed by atoms with van der Waals surface area (Å²) in [4.78, 5) is 24.6. The number of carbonyl (C=O) groups is 1. The lowest BCUT2D eigenvalue weighted by molar-refractivity contribution is -0.385. The predicted octanol–water partition coefficient (Wildman–Crippen LogP) is 1.30. The van der Waals surface area contributed by atoms with Crippen molar-refractivity contribution in [1.29, 1.82) is 0 Å². The highest BCUT2D eigenvalue weighted by Crippen LogP contribution is 2.25. The second kappa shape index (κ2) is 6.19. The Morgan fingerprint density at radius 2 is 2.29 bits per heavy atom. The number of anilines is 1. The Balaban J connectivity index is 2.09. The van der Waals surface area contributed by atoms with Crippen molar-refractivity contribution in [3.05, 3.63) is 33.9 Å². The smallest absolute Gasteiger partial charge is 0.274 e. The summed E-state index contributed by atoms with van der Waals surface area (Å²) in [6, 6.07) is 4.21. The number of nitrogens with zero attached hydrogens (tertiary/aromatic N) is 2. The molecule has 1 aliphatic rings. The molecule has 0 aliphatic carbocycles. The maximum Gasteiger partial charge on any atom is 0.274 e. The molecular weight excluding hydrogens is 274 g/mol. The molecule has 7 heteroatoms. The zero-order chi connectivity index (χ0) is 15.6. The van der Waals surface area contributed by atoms with E-state index in [4.69, 9.17) is 0 Å².